The molecular weight excluding hydrogens is 350 g/mol. The Bertz CT molecular complexity index is 681. The summed E-state index contributed by atoms with van der Waals surface area (Å²) in [6.45, 7) is 4.73. The molecule has 1 aliphatic heterocycles. The number of rotatable bonds is 5. The molecule has 1 aromatic heterocycles. The highest BCUT2D eigenvalue weighted by Crippen LogP contribution is 2.27. The fourth-order valence-electron chi connectivity index (χ4n) is 3.90. The highest BCUT2D eigenvalue weighted by molar-refractivity contribution is 7.13. The number of thiophene rings is 1. The first-order chi connectivity index (χ1) is 12.5. The summed E-state index contributed by atoms with van der Waals surface area (Å²) in [5.74, 6) is -0.116. The first-order valence-electron chi connectivity index (χ1n) is 9.45. The lowest BCUT2D eigenvalue weighted by atomic mass is 10.1. The number of carbonyl (C=O) groups is 3. The Morgan fingerprint density at radius 3 is 2.54 bits per heavy atom. The molecule has 6 nitrogen and oxygen atoms in total. The molecule has 2 aliphatic rings. The standard InChI is InChI=1S/C19H27N3O3S/c1-3-20-18(24)15-10-14(21-17(23)13-6-4-5-7-13)11-22(15)19(25)16-9-8-12(2)26-16/h8-9,13-15H,3-7,10-11H2,1-2H3,(H,20,24)(H,21,23)/t14-,15-/m0/s1. The first kappa shape index (κ1) is 18.9. The van der Waals surface area contributed by atoms with Gasteiger partial charge in [-0.2, -0.15) is 0 Å². The van der Waals surface area contributed by atoms with Gasteiger partial charge in [0.2, 0.25) is 11.8 Å². The van der Waals surface area contributed by atoms with Crippen LogP contribution in [0.5, 0.6) is 0 Å². The van der Waals surface area contributed by atoms with Crippen molar-refractivity contribution in [2.45, 2.75) is 58.0 Å². The third-order valence-corrected chi connectivity index (χ3v) is 6.23. The topological polar surface area (TPSA) is 78.5 Å². The van der Waals surface area contributed by atoms with E-state index in [0.717, 1.165) is 30.6 Å². The van der Waals surface area contributed by atoms with Crippen LogP contribution in [0.1, 0.15) is 53.6 Å². The van der Waals surface area contributed by atoms with Crippen molar-refractivity contribution in [3.8, 4) is 0 Å². The summed E-state index contributed by atoms with van der Waals surface area (Å²) in [5, 5.41) is 5.90. The van der Waals surface area contributed by atoms with Crippen LogP contribution in [-0.4, -0.2) is 47.8 Å². The van der Waals surface area contributed by atoms with Gasteiger partial charge in [0.05, 0.1) is 4.88 Å². The molecule has 0 radical (unpaired) electrons. The Morgan fingerprint density at radius 1 is 1.19 bits per heavy atom. The van der Waals surface area contributed by atoms with Crippen LogP contribution < -0.4 is 10.6 Å². The molecule has 0 spiro atoms. The smallest absolute Gasteiger partial charge is 0.264 e. The van der Waals surface area contributed by atoms with Crippen molar-refractivity contribution in [2.75, 3.05) is 13.1 Å². The number of hydrogen-bond acceptors (Lipinski definition) is 4. The molecule has 0 bridgehead atoms. The van der Waals surface area contributed by atoms with E-state index in [0.29, 0.717) is 24.4 Å². The lowest BCUT2D eigenvalue weighted by molar-refractivity contribution is -0.126. The molecule has 2 atom stereocenters. The van der Waals surface area contributed by atoms with Crippen LogP contribution in [0, 0.1) is 12.8 Å². The summed E-state index contributed by atoms with van der Waals surface area (Å²) in [6.07, 6.45) is 4.56. The summed E-state index contributed by atoms with van der Waals surface area (Å²) in [4.78, 5) is 41.1. The number of hydrogen-bond donors (Lipinski definition) is 2. The highest BCUT2D eigenvalue weighted by atomic mass is 32.1. The van der Waals surface area contributed by atoms with E-state index in [1.54, 1.807) is 4.90 Å². The maximum Gasteiger partial charge on any atom is 0.264 e. The highest BCUT2D eigenvalue weighted by Gasteiger charge is 2.41. The molecule has 1 saturated heterocycles. The molecule has 0 aromatic carbocycles. The van der Waals surface area contributed by atoms with Gasteiger partial charge in [-0.3, -0.25) is 14.4 Å². The van der Waals surface area contributed by atoms with E-state index < -0.39 is 6.04 Å². The summed E-state index contributed by atoms with van der Waals surface area (Å²) in [7, 11) is 0. The Labute approximate surface area is 158 Å². The fraction of sp³-hybridized carbons (Fsp3) is 0.632. The zero-order valence-corrected chi connectivity index (χ0v) is 16.2. The van der Waals surface area contributed by atoms with Crippen LogP contribution in [0.4, 0.5) is 0 Å². The van der Waals surface area contributed by atoms with E-state index >= 15 is 0 Å². The predicted octanol–water partition coefficient (Wildman–Crippen LogP) is 2.08. The van der Waals surface area contributed by atoms with Crippen LogP contribution in [-0.2, 0) is 9.59 Å². The fourth-order valence-corrected chi connectivity index (χ4v) is 4.73. The average Bonchev–Trinajstić information content (AvgIpc) is 3.34. The predicted molar refractivity (Wildman–Crippen MR) is 101 cm³/mol. The van der Waals surface area contributed by atoms with Crippen molar-refractivity contribution in [2.24, 2.45) is 5.92 Å². The number of carbonyl (C=O) groups excluding carboxylic acids is 3. The van der Waals surface area contributed by atoms with Gasteiger partial charge >= 0.3 is 0 Å². The molecule has 2 heterocycles. The van der Waals surface area contributed by atoms with E-state index in [-0.39, 0.29) is 29.7 Å². The van der Waals surface area contributed by atoms with Crippen molar-refractivity contribution in [1.29, 1.82) is 0 Å². The molecule has 2 fully saturated rings. The Kier molecular flexibility index (Phi) is 5.96. The van der Waals surface area contributed by atoms with Crippen LogP contribution in [0.2, 0.25) is 0 Å². The van der Waals surface area contributed by atoms with Gasteiger partial charge in [-0.15, -0.1) is 11.3 Å². The third-order valence-electron chi connectivity index (χ3n) is 5.24. The van der Waals surface area contributed by atoms with E-state index in [9.17, 15) is 14.4 Å². The summed E-state index contributed by atoms with van der Waals surface area (Å²) in [5.41, 5.74) is 0. The second-order valence-corrected chi connectivity index (χ2v) is 8.49. The Balaban J connectivity index is 1.71. The average molecular weight is 378 g/mol. The summed E-state index contributed by atoms with van der Waals surface area (Å²) >= 11 is 1.44. The molecule has 1 saturated carbocycles. The quantitative estimate of drug-likeness (QED) is 0.825. The second kappa shape index (κ2) is 8.20. The summed E-state index contributed by atoms with van der Waals surface area (Å²) < 4.78 is 0. The number of likely N-dealkylation sites (tertiary alicyclic amines) is 1. The summed E-state index contributed by atoms with van der Waals surface area (Å²) in [6, 6.07) is 3.02. The number of amides is 3. The first-order valence-corrected chi connectivity index (χ1v) is 10.3. The Hall–Kier alpha value is -1.89. The molecule has 142 valence electrons. The number of likely N-dealkylation sites (N-methyl/N-ethyl adjacent to an activating group) is 1. The minimum atomic E-state index is -0.529. The van der Waals surface area contributed by atoms with Crippen molar-refractivity contribution in [3.05, 3.63) is 21.9 Å². The minimum absolute atomic E-state index is 0.0726. The molecule has 3 amide bonds. The van der Waals surface area contributed by atoms with Gasteiger partial charge in [0.15, 0.2) is 0 Å². The molecule has 1 aliphatic carbocycles. The SMILES string of the molecule is CCNC(=O)[C@@H]1C[C@H](NC(=O)C2CCCC2)CN1C(=O)c1ccc(C)s1. The van der Waals surface area contributed by atoms with Crippen molar-refractivity contribution in [3.63, 3.8) is 0 Å². The molecule has 7 heteroatoms. The lowest BCUT2D eigenvalue weighted by Crippen LogP contribution is -2.45. The van der Waals surface area contributed by atoms with E-state index in [2.05, 4.69) is 10.6 Å². The number of aryl methyl sites for hydroxylation is 1. The molecule has 0 unspecified atom stereocenters. The molecule has 2 N–H and O–H groups in total. The van der Waals surface area contributed by atoms with Crippen molar-refractivity contribution >= 4 is 29.1 Å². The second-order valence-electron chi connectivity index (χ2n) is 7.20. The minimum Gasteiger partial charge on any atom is -0.355 e. The number of nitrogens with one attached hydrogen (secondary N) is 2. The van der Waals surface area contributed by atoms with Gasteiger partial charge in [0.25, 0.3) is 5.91 Å². The van der Waals surface area contributed by atoms with Gasteiger partial charge in [-0.05, 0) is 45.2 Å². The van der Waals surface area contributed by atoms with E-state index in [1.807, 2.05) is 26.0 Å². The van der Waals surface area contributed by atoms with Gasteiger partial charge in [-0.25, -0.2) is 0 Å². The zero-order valence-electron chi connectivity index (χ0n) is 15.4. The zero-order chi connectivity index (χ0) is 18.7. The number of nitrogens with zero attached hydrogens (tertiary/aromatic N) is 1. The largest absolute Gasteiger partial charge is 0.355 e. The van der Waals surface area contributed by atoms with Crippen molar-refractivity contribution < 1.29 is 14.4 Å². The van der Waals surface area contributed by atoms with E-state index in [4.69, 9.17) is 0 Å². The Morgan fingerprint density at radius 2 is 1.92 bits per heavy atom. The monoisotopic (exact) mass is 377 g/mol. The lowest BCUT2D eigenvalue weighted by Gasteiger charge is -2.23. The van der Waals surface area contributed by atoms with Crippen LogP contribution in [0.3, 0.4) is 0 Å². The van der Waals surface area contributed by atoms with Crippen LogP contribution in [0.15, 0.2) is 12.1 Å². The normalized spacial score (nSPS) is 23.2. The maximum atomic E-state index is 12.9. The van der Waals surface area contributed by atoms with Crippen LogP contribution in [0.25, 0.3) is 0 Å². The van der Waals surface area contributed by atoms with Gasteiger partial charge < -0.3 is 15.5 Å². The molecule has 26 heavy (non-hydrogen) atoms. The van der Waals surface area contributed by atoms with Gasteiger partial charge in [0.1, 0.15) is 6.04 Å². The molecule has 3 rings (SSSR count). The van der Waals surface area contributed by atoms with Gasteiger partial charge in [-0.1, -0.05) is 12.8 Å². The van der Waals surface area contributed by atoms with Crippen LogP contribution >= 0.6 is 11.3 Å². The van der Waals surface area contributed by atoms with Gasteiger partial charge in [0, 0.05) is 29.9 Å². The molecule has 1 aromatic rings. The molecular formula is C19H27N3O3S. The van der Waals surface area contributed by atoms with Crippen molar-refractivity contribution in [1.82, 2.24) is 15.5 Å². The maximum absolute atomic E-state index is 12.9. The van der Waals surface area contributed by atoms with E-state index in [1.165, 1.54) is 11.3 Å². The third kappa shape index (κ3) is 4.09.